The summed E-state index contributed by atoms with van der Waals surface area (Å²) in [4.78, 5) is 48.5. The Balaban J connectivity index is 1.35. The minimum absolute atomic E-state index is 0.293. The Bertz CT molecular complexity index is 1470. The Kier molecular flexibility index (Phi) is 11.4. The van der Waals surface area contributed by atoms with Crippen molar-refractivity contribution in [3.8, 4) is 5.75 Å². The molecular formula is C35H47N5O6. The number of ether oxygens (including phenoxy) is 3. The lowest BCUT2D eigenvalue weighted by Gasteiger charge is -2.36. The van der Waals surface area contributed by atoms with Crippen LogP contribution in [0.3, 0.4) is 0 Å². The summed E-state index contributed by atoms with van der Waals surface area (Å²) in [5, 5.41) is 5.84. The van der Waals surface area contributed by atoms with Gasteiger partial charge in [0.05, 0.1) is 25.5 Å². The predicted octanol–water partition coefficient (Wildman–Crippen LogP) is 4.99. The third-order valence-corrected chi connectivity index (χ3v) is 8.14. The molecule has 2 aromatic carbocycles. The van der Waals surface area contributed by atoms with E-state index in [9.17, 15) is 14.4 Å². The molecule has 11 nitrogen and oxygen atoms in total. The standard InChI is InChI=1S/C35H47N5O6/c1-23-29(32(41)45-7)31(30(24(2)37-23)33(42)46-35(3,4)5)25-12-10-13-26(22-25)38-34(43)36-16-11-17-39-18-20-40(21-19-39)27-14-8-9-15-28(27)44-6/h8-10,12-15,22,29,31H,11,16-21H2,1-7H3,(H2,36,38,43). The highest BCUT2D eigenvalue weighted by Crippen LogP contribution is 2.41. The number of methoxy groups -OCH3 is 2. The monoisotopic (exact) mass is 633 g/mol. The number of nitrogens with one attached hydrogen (secondary N) is 2. The van der Waals surface area contributed by atoms with E-state index in [0.717, 1.165) is 50.6 Å². The number of urea groups is 1. The quantitative estimate of drug-likeness (QED) is 0.277. The van der Waals surface area contributed by atoms with Crippen LogP contribution in [0, 0.1) is 5.92 Å². The summed E-state index contributed by atoms with van der Waals surface area (Å²) in [6.07, 6.45) is 0.812. The number of esters is 2. The van der Waals surface area contributed by atoms with Crippen LogP contribution in [0.2, 0.25) is 0 Å². The van der Waals surface area contributed by atoms with Crippen molar-refractivity contribution < 1.29 is 28.6 Å². The molecule has 2 heterocycles. The number of amides is 2. The average Bonchev–Trinajstić information content (AvgIpc) is 3.02. The molecule has 0 bridgehead atoms. The molecule has 0 aliphatic carbocycles. The number of carbonyl (C=O) groups excluding carboxylic acids is 3. The van der Waals surface area contributed by atoms with Crippen LogP contribution in [0.5, 0.6) is 5.75 Å². The lowest BCUT2D eigenvalue weighted by molar-refractivity contribution is -0.150. The SMILES string of the molecule is COC(=O)C1C(C)=NC(C)=C(C(=O)OC(C)(C)C)C1c1cccc(NC(=O)NCCCN2CCN(c3ccccc3OC)CC2)c1. The van der Waals surface area contributed by atoms with E-state index in [1.807, 2.05) is 24.3 Å². The van der Waals surface area contributed by atoms with Gasteiger partial charge in [0, 0.05) is 55.7 Å². The van der Waals surface area contributed by atoms with Crippen LogP contribution in [-0.2, 0) is 19.1 Å². The molecule has 248 valence electrons. The molecule has 0 saturated carbocycles. The summed E-state index contributed by atoms with van der Waals surface area (Å²) in [5.41, 5.74) is 2.89. The normalized spacial score (nSPS) is 18.8. The van der Waals surface area contributed by atoms with Gasteiger partial charge < -0.3 is 29.7 Å². The molecule has 2 atom stereocenters. The fourth-order valence-electron chi connectivity index (χ4n) is 6.02. The van der Waals surface area contributed by atoms with Crippen LogP contribution in [0.1, 0.15) is 52.5 Å². The number of hydrogen-bond acceptors (Lipinski definition) is 9. The number of para-hydroxylation sites is 2. The zero-order valence-corrected chi connectivity index (χ0v) is 28.0. The van der Waals surface area contributed by atoms with E-state index in [4.69, 9.17) is 14.2 Å². The number of anilines is 2. The van der Waals surface area contributed by atoms with E-state index >= 15 is 0 Å². The topological polar surface area (TPSA) is 122 Å². The molecule has 2 N–H and O–H groups in total. The summed E-state index contributed by atoms with van der Waals surface area (Å²) in [6.45, 7) is 14.0. The molecule has 2 amide bonds. The van der Waals surface area contributed by atoms with Crippen molar-refractivity contribution in [2.24, 2.45) is 10.9 Å². The second-order valence-corrected chi connectivity index (χ2v) is 12.6. The van der Waals surface area contributed by atoms with Crippen molar-refractivity contribution in [3.63, 3.8) is 0 Å². The van der Waals surface area contributed by atoms with Gasteiger partial charge in [0.2, 0.25) is 0 Å². The molecule has 4 rings (SSSR count). The molecule has 2 aromatic rings. The van der Waals surface area contributed by atoms with Crippen LogP contribution in [0.4, 0.5) is 16.2 Å². The fraction of sp³-hybridized carbons (Fsp3) is 0.486. The largest absolute Gasteiger partial charge is 0.495 e. The lowest BCUT2D eigenvalue weighted by atomic mass is 9.75. The summed E-state index contributed by atoms with van der Waals surface area (Å²) < 4.78 is 16.4. The van der Waals surface area contributed by atoms with Crippen molar-refractivity contribution in [1.29, 1.82) is 0 Å². The van der Waals surface area contributed by atoms with Crippen LogP contribution < -0.4 is 20.3 Å². The van der Waals surface area contributed by atoms with Gasteiger partial charge in [-0.1, -0.05) is 24.3 Å². The van der Waals surface area contributed by atoms with Gasteiger partial charge in [-0.2, -0.15) is 0 Å². The van der Waals surface area contributed by atoms with Gasteiger partial charge in [0.25, 0.3) is 0 Å². The first kappa shape index (κ1) is 34.5. The van der Waals surface area contributed by atoms with E-state index in [-0.39, 0.29) is 6.03 Å². The summed E-state index contributed by atoms with van der Waals surface area (Å²) >= 11 is 0. The third-order valence-electron chi connectivity index (χ3n) is 8.14. The van der Waals surface area contributed by atoms with Crippen LogP contribution in [0.15, 0.2) is 64.8 Å². The average molecular weight is 634 g/mol. The second-order valence-electron chi connectivity index (χ2n) is 12.6. The Morgan fingerprint density at radius 1 is 0.978 bits per heavy atom. The molecule has 0 aromatic heterocycles. The van der Waals surface area contributed by atoms with Crippen molar-refractivity contribution in [3.05, 3.63) is 65.4 Å². The summed E-state index contributed by atoms with van der Waals surface area (Å²) in [7, 11) is 3.01. The molecule has 2 aliphatic heterocycles. The zero-order chi connectivity index (χ0) is 33.4. The highest BCUT2D eigenvalue weighted by molar-refractivity contribution is 6.07. The first-order chi connectivity index (χ1) is 21.9. The third kappa shape index (κ3) is 8.66. The maximum Gasteiger partial charge on any atom is 0.337 e. The molecule has 0 radical (unpaired) electrons. The van der Waals surface area contributed by atoms with Crippen LogP contribution >= 0.6 is 0 Å². The smallest absolute Gasteiger partial charge is 0.337 e. The predicted molar refractivity (Wildman–Crippen MR) is 180 cm³/mol. The van der Waals surface area contributed by atoms with Crippen LogP contribution in [-0.4, -0.2) is 87.7 Å². The molecule has 46 heavy (non-hydrogen) atoms. The Morgan fingerprint density at radius 2 is 1.70 bits per heavy atom. The minimum atomic E-state index is -0.822. The highest BCUT2D eigenvalue weighted by atomic mass is 16.6. The number of aliphatic imine (C=N–C) groups is 1. The molecule has 2 unspecified atom stereocenters. The van der Waals surface area contributed by atoms with Gasteiger partial charge >= 0.3 is 18.0 Å². The Labute approximate surface area is 272 Å². The van der Waals surface area contributed by atoms with Crippen LogP contribution in [0.25, 0.3) is 0 Å². The van der Waals surface area contributed by atoms with Crippen molar-refractivity contribution >= 4 is 35.1 Å². The Morgan fingerprint density at radius 3 is 2.37 bits per heavy atom. The molecule has 2 aliphatic rings. The molecule has 1 saturated heterocycles. The lowest BCUT2D eigenvalue weighted by Crippen LogP contribution is -2.47. The van der Waals surface area contributed by atoms with Gasteiger partial charge in [-0.3, -0.25) is 14.7 Å². The number of rotatable bonds is 10. The molecule has 1 fully saturated rings. The van der Waals surface area contributed by atoms with E-state index in [0.29, 0.717) is 34.8 Å². The highest BCUT2D eigenvalue weighted by Gasteiger charge is 2.43. The summed E-state index contributed by atoms with van der Waals surface area (Å²) in [6, 6.07) is 14.9. The maximum atomic E-state index is 13.4. The van der Waals surface area contributed by atoms with E-state index in [1.165, 1.54) is 7.11 Å². The second kappa shape index (κ2) is 15.3. The van der Waals surface area contributed by atoms with Gasteiger partial charge in [-0.05, 0) is 77.4 Å². The number of nitrogens with zero attached hydrogens (tertiary/aromatic N) is 3. The molecular weight excluding hydrogens is 586 g/mol. The van der Waals surface area contributed by atoms with Gasteiger partial charge in [0.1, 0.15) is 17.3 Å². The first-order valence-electron chi connectivity index (χ1n) is 15.7. The first-order valence-corrected chi connectivity index (χ1v) is 15.7. The van der Waals surface area contributed by atoms with E-state index < -0.39 is 29.4 Å². The fourth-order valence-corrected chi connectivity index (χ4v) is 6.02. The maximum absolute atomic E-state index is 13.4. The number of allylic oxidation sites excluding steroid dienone is 1. The van der Waals surface area contributed by atoms with Crippen molar-refractivity contribution in [2.75, 3.05) is 63.7 Å². The van der Waals surface area contributed by atoms with E-state index in [2.05, 4.69) is 31.5 Å². The summed E-state index contributed by atoms with van der Waals surface area (Å²) in [5.74, 6) is -1.68. The Hall–Kier alpha value is -4.38. The molecule has 0 spiro atoms. The minimum Gasteiger partial charge on any atom is -0.495 e. The van der Waals surface area contributed by atoms with E-state index in [1.54, 1.807) is 59.9 Å². The van der Waals surface area contributed by atoms with Gasteiger partial charge in [-0.25, -0.2) is 9.59 Å². The number of piperazine rings is 1. The molecule has 11 heteroatoms. The number of benzene rings is 2. The van der Waals surface area contributed by atoms with Crippen molar-refractivity contribution in [1.82, 2.24) is 10.2 Å². The van der Waals surface area contributed by atoms with Gasteiger partial charge in [0.15, 0.2) is 0 Å². The zero-order valence-electron chi connectivity index (χ0n) is 28.0. The number of hydrogen-bond donors (Lipinski definition) is 2. The van der Waals surface area contributed by atoms with Crippen molar-refractivity contribution in [2.45, 2.75) is 52.6 Å². The van der Waals surface area contributed by atoms with Gasteiger partial charge in [-0.15, -0.1) is 0 Å². The number of carbonyl (C=O) groups is 3.